The Labute approximate surface area is 142 Å². The van der Waals surface area contributed by atoms with E-state index in [0.717, 1.165) is 0 Å². The molecule has 0 saturated heterocycles. The zero-order valence-corrected chi connectivity index (χ0v) is 14.0. The van der Waals surface area contributed by atoms with Crippen LogP contribution in [-0.4, -0.2) is 33.6 Å². The first-order chi connectivity index (χ1) is 11.7. The van der Waals surface area contributed by atoms with E-state index in [1.807, 2.05) is 12.2 Å². The number of hydrogen-bond acceptors (Lipinski definition) is 6. The van der Waals surface area contributed by atoms with Crippen LogP contribution in [0.3, 0.4) is 0 Å². The molecule has 3 amide bonds. The van der Waals surface area contributed by atoms with Crippen molar-refractivity contribution in [1.29, 1.82) is 0 Å². The normalized spacial score (nSPS) is 11.8. The van der Waals surface area contributed by atoms with Gasteiger partial charge in [-0.2, -0.15) is 0 Å². The Bertz CT molecular complexity index is 919. The number of nitrogens with zero attached hydrogens (tertiary/aromatic N) is 2. The van der Waals surface area contributed by atoms with Crippen molar-refractivity contribution in [1.82, 2.24) is 14.9 Å². The number of primary amides is 1. The van der Waals surface area contributed by atoms with Gasteiger partial charge < -0.3 is 15.0 Å². The third-order valence-electron chi connectivity index (χ3n) is 3.56. The van der Waals surface area contributed by atoms with Crippen molar-refractivity contribution in [3.8, 4) is 0 Å². The Balaban J connectivity index is 2.31. The maximum absolute atomic E-state index is 12.2. The van der Waals surface area contributed by atoms with Gasteiger partial charge in [-0.1, -0.05) is 0 Å². The quantitative estimate of drug-likeness (QED) is 0.773. The topological polar surface area (TPSA) is 133 Å². The van der Waals surface area contributed by atoms with Crippen LogP contribution in [0.1, 0.15) is 29.9 Å². The summed E-state index contributed by atoms with van der Waals surface area (Å²) >= 11 is 0. The minimum atomic E-state index is -1.20. The van der Waals surface area contributed by atoms with Gasteiger partial charge in [0.1, 0.15) is 5.69 Å². The van der Waals surface area contributed by atoms with E-state index in [-0.39, 0.29) is 11.1 Å². The lowest BCUT2D eigenvalue weighted by Gasteiger charge is -2.13. The van der Waals surface area contributed by atoms with E-state index in [2.05, 4.69) is 4.98 Å². The minimum Gasteiger partial charge on any atom is -0.449 e. The summed E-state index contributed by atoms with van der Waals surface area (Å²) in [5.74, 6) is -1.59. The Kier molecular flexibility index (Phi) is 5.16. The lowest BCUT2D eigenvalue weighted by atomic mass is 10.2. The number of nitrogens with two attached hydrogens (primary N) is 1. The second-order valence-corrected chi connectivity index (χ2v) is 5.35. The molecule has 3 N–H and O–H groups in total. The highest BCUT2D eigenvalue weighted by Gasteiger charge is 2.20. The van der Waals surface area contributed by atoms with Crippen LogP contribution in [-0.2, 0) is 16.1 Å². The molecule has 9 nitrogen and oxygen atoms in total. The van der Waals surface area contributed by atoms with Crippen LogP contribution >= 0.6 is 0 Å². The molecule has 0 fully saturated rings. The molecule has 0 unspecified atom stereocenters. The highest BCUT2D eigenvalue weighted by molar-refractivity contribution is 5.98. The second-order valence-electron chi connectivity index (χ2n) is 5.35. The molecule has 1 atom stereocenters. The fourth-order valence-corrected chi connectivity index (χ4v) is 2.32. The number of urea groups is 1. The van der Waals surface area contributed by atoms with E-state index in [4.69, 9.17) is 10.5 Å². The van der Waals surface area contributed by atoms with Gasteiger partial charge in [0.25, 0.3) is 11.5 Å². The maximum atomic E-state index is 12.2. The molecule has 0 saturated carbocycles. The number of aromatic nitrogens is 2. The Morgan fingerprint density at radius 2 is 2.04 bits per heavy atom. The van der Waals surface area contributed by atoms with E-state index in [1.165, 1.54) is 19.1 Å². The van der Waals surface area contributed by atoms with Crippen molar-refractivity contribution < 1.29 is 19.1 Å². The maximum Gasteiger partial charge on any atom is 0.338 e. The molecule has 1 heterocycles. The summed E-state index contributed by atoms with van der Waals surface area (Å²) in [5.41, 5.74) is 6.18. The Morgan fingerprint density at radius 3 is 2.64 bits per heavy atom. The van der Waals surface area contributed by atoms with Crippen LogP contribution < -0.4 is 16.6 Å². The smallest absolute Gasteiger partial charge is 0.338 e. The molecule has 0 aliphatic heterocycles. The van der Waals surface area contributed by atoms with Crippen LogP contribution in [0.4, 0.5) is 4.79 Å². The molecular weight excluding hydrogens is 328 g/mol. The molecule has 2 rings (SSSR count). The summed E-state index contributed by atoms with van der Waals surface area (Å²) in [6.07, 6.45) is -1.20. The third kappa shape index (κ3) is 3.82. The first-order valence-corrected chi connectivity index (χ1v) is 7.57. The number of benzene rings is 1. The largest absolute Gasteiger partial charge is 0.449 e. The molecule has 9 heteroatoms. The van der Waals surface area contributed by atoms with Gasteiger partial charge in [0.05, 0.1) is 16.6 Å². The second kappa shape index (κ2) is 7.12. The summed E-state index contributed by atoms with van der Waals surface area (Å²) in [7, 11) is 0. The SMILES string of the molecule is CCn1c(=O)c(C)nc2cc(C(=O)O[C@H](C)C(=O)NC(N)=O)ccc21. The molecule has 0 aliphatic carbocycles. The van der Waals surface area contributed by atoms with Crippen molar-refractivity contribution in [2.75, 3.05) is 0 Å². The van der Waals surface area contributed by atoms with Crippen LogP contribution in [0.5, 0.6) is 0 Å². The van der Waals surface area contributed by atoms with Crippen LogP contribution in [0, 0.1) is 6.92 Å². The number of rotatable bonds is 4. The molecule has 2 aromatic rings. The first-order valence-electron chi connectivity index (χ1n) is 7.57. The van der Waals surface area contributed by atoms with E-state index >= 15 is 0 Å². The number of ether oxygens (including phenoxy) is 1. The number of hydrogen-bond donors (Lipinski definition) is 2. The molecule has 0 bridgehead atoms. The molecule has 1 aromatic heterocycles. The average molecular weight is 346 g/mol. The van der Waals surface area contributed by atoms with E-state index < -0.39 is 24.0 Å². The van der Waals surface area contributed by atoms with E-state index in [9.17, 15) is 19.2 Å². The van der Waals surface area contributed by atoms with Gasteiger partial charge in [-0.15, -0.1) is 0 Å². The molecular formula is C16H18N4O5. The van der Waals surface area contributed by atoms with Crippen molar-refractivity contribution in [3.05, 3.63) is 39.8 Å². The average Bonchev–Trinajstić information content (AvgIpc) is 2.54. The van der Waals surface area contributed by atoms with Crippen LogP contribution in [0.15, 0.2) is 23.0 Å². The fourth-order valence-electron chi connectivity index (χ4n) is 2.32. The van der Waals surface area contributed by atoms with Gasteiger partial charge >= 0.3 is 12.0 Å². The predicted octanol–water partition coefficient (Wildman–Crippen LogP) is 0.465. The molecule has 0 radical (unpaired) electrons. The number of amides is 3. The van der Waals surface area contributed by atoms with Gasteiger partial charge in [-0.3, -0.25) is 14.9 Å². The molecule has 0 aliphatic rings. The van der Waals surface area contributed by atoms with Crippen molar-refractivity contribution in [3.63, 3.8) is 0 Å². The molecule has 25 heavy (non-hydrogen) atoms. The zero-order valence-electron chi connectivity index (χ0n) is 14.0. The molecule has 0 spiro atoms. The van der Waals surface area contributed by atoms with E-state index in [0.29, 0.717) is 23.3 Å². The van der Waals surface area contributed by atoms with Crippen LogP contribution in [0.25, 0.3) is 11.0 Å². The van der Waals surface area contributed by atoms with Gasteiger partial charge in [-0.05, 0) is 39.0 Å². The van der Waals surface area contributed by atoms with Crippen molar-refractivity contribution in [2.45, 2.75) is 33.4 Å². The third-order valence-corrected chi connectivity index (χ3v) is 3.56. The number of nitrogens with one attached hydrogen (secondary N) is 1. The number of fused-ring (bicyclic) bond motifs is 1. The number of carbonyl (C=O) groups excluding carboxylic acids is 3. The lowest BCUT2D eigenvalue weighted by molar-refractivity contribution is -0.127. The van der Waals surface area contributed by atoms with Gasteiger partial charge in [0.2, 0.25) is 0 Å². The molecule has 132 valence electrons. The zero-order chi connectivity index (χ0) is 18.7. The number of aryl methyl sites for hydroxylation is 2. The first kappa shape index (κ1) is 18.1. The summed E-state index contributed by atoms with van der Waals surface area (Å²) in [4.78, 5) is 50.7. The number of esters is 1. The van der Waals surface area contributed by atoms with Gasteiger partial charge in [-0.25, -0.2) is 14.6 Å². The number of carbonyl (C=O) groups is 3. The lowest BCUT2D eigenvalue weighted by Crippen LogP contribution is -2.42. The monoisotopic (exact) mass is 346 g/mol. The Hall–Kier alpha value is -3.23. The summed E-state index contributed by atoms with van der Waals surface area (Å²) in [6.45, 7) is 5.21. The van der Waals surface area contributed by atoms with Gasteiger partial charge in [0, 0.05) is 6.54 Å². The summed E-state index contributed by atoms with van der Waals surface area (Å²) < 4.78 is 6.55. The molecule has 1 aromatic carbocycles. The summed E-state index contributed by atoms with van der Waals surface area (Å²) in [5, 5.41) is 1.83. The number of imide groups is 1. The van der Waals surface area contributed by atoms with E-state index in [1.54, 1.807) is 17.6 Å². The van der Waals surface area contributed by atoms with Crippen molar-refractivity contribution in [2.24, 2.45) is 5.73 Å². The fraction of sp³-hybridized carbons (Fsp3) is 0.312. The highest BCUT2D eigenvalue weighted by Crippen LogP contribution is 2.15. The standard InChI is InChI=1S/C16H18N4O5/c1-4-20-12-6-5-10(7-11(12)18-8(2)14(20)22)15(23)25-9(3)13(21)19-16(17)24/h5-7,9H,4H2,1-3H3,(H3,17,19,21,24)/t9-/m1/s1. The highest BCUT2D eigenvalue weighted by atomic mass is 16.5. The predicted molar refractivity (Wildman–Crippen MR) is 89.0 cm³/mol. The minimum absolute atomic E-state index is 0.166. The van der Waals surface area contributed by atoms with Crippen LogP contribution in [0.2, 0.25) is 0 Å². The summed E-state index contributed by atoms with van der Waals surface area (Å²) in [6, 6.07) is 3.52. The Morgan fingerprint density at radius 1 is 1.36 bits per heavy atom. The van der Waals surface area contributed by atoms with Crippen molar-refractivity contribution >= 4 is 28.9 Å². The van der Waals surface area contributed by atoms with Gasteiger partial charge in [0.15, 0.2) is 6.10 Å².